The highest BCUT2D eigenvalue weighted by Gasteiger charge is 2.20. The number of ether oxygens (including phenoxy) is 1. The van der Waals surface area contributed by atoms with Crippen molar-refractivity contribution in [3.05, 3.63) is 29.6 Å². The molecule has 19 heavy (non-hydrogen) atoms. The van der Waals surface area contributed by atoms with E-state index in [-0.39, 0.29) is 5.91 Å². The topological polar surface area (TPSA) is 42.4 Å². The Morgan fingerprint density at radius 3 is 3.11 bits per heavy atom. The Labute approximate surface area is 114 Å². The molecule has 0 N–H and O–H groups in total. The van der Waals surface area contributed by atoms with Crippen molar-refractivity contribution in [2.45, 2.75) is 32.7 Å². The van der Waals surface area contributed by atoms with Gasteiger partial charge in [-0.05, 0) is 42.9 Å². The van der Waals surface area contributed by atoms with E-state index < -0.39 is 0 Å². The molecular weight excluding hydrogens is 240 g/mol. The average molecular weight is 262 g/mol. The third kappa shape index (κ3) is 4.03. The fourth-order valence-electron chi connectivity index (χ4n) is 2.39. The molecule has 1 saturated heterocycles. The Hall–Kier alpha value is -1.42. The van der Waals surface area contributed by atoms with Gasteiger partial charge in [-0.3, -0.25) is 9.78 Å². The van der Waals surface area contributed by atoms with E-state index in [4.69, 9.17) is 4.74 Å². The van der Waals surface area contributed by atoms with Crippen LogP contribution >= 0.6 is 0 Å². The molecule has 1 atom stereocenters. The van der Waals surface area contributed by atoms with Crippen LogP contribution in [-0.4, -0.2) is 36.1 Å². The third-order valence-electron chi connectivity index (χ3n) is 3.69. The fraction of sp³-hybridized carbons (Fsp3) is 0.600. The van der Waals surface area contributed by atoms with E-state index in [2.05, 4.69) is 4.98 Å². The molecule has 1 aromatic heterocycles. The van der Waals surface area contributed by atoms with Gasteiger partial charge in [-0.25, -0.2) is 0 Å². The van der Waals surface area contributed by atoms with Crippen LogP contribution in [0.15, 0.2) is 18.5 Å². The second-order valence-electron chi connectivity index (χ2n) is 5.34. The van der Waals surface area contributed by atoms with E-state index in [1.807, 2.05) is 26.2 Å². The molecule has 4 heteroatoms. The molecule has 2 heterocycles. The molecule has 0 unspecified atom stereocenters. The van der Waals surface area contributed by atoms with Gasteiger partial charge in [0.2, 0.25) is 5.91 Å². The van der Waals surface area contributed by atoms with Gasteiger partial charge in [0, 0.05) is 45.6 Å². The summed E-state index contributed by atoms with van der Waals surface area (Å²) in [7, 11) is 1.87. The van der Waals surface area contributed by atoms with Crippen molar-refractivity contribution >= 4 is 5.91 Å². The number of carbonyl (C=O) groups is 1. The highest BCUT2D eigenvalue weighted by Crippen LogP contribution is 2.18. The first-order valence-electron chi connectivity index (χ1n) is 6.88. The quantitative estimate of drug-likeness (QED) is 0.835. The van der Waals surface area contributed by atoms with Crippen molar-refractivity contribution in [3.8, 4) is 0 Å². The molecule has 0 spiro atoms. The van der Waals surface area contributed by atoms with Crippen molar-refractivity contribution in [1.82, 2.24) is 9.88 Å². The van der Waals surface area contributed by atoms with Crippen molar-refractivity contribution < 1.29 is 9.53 Å². The molecule has 1 aliphatic heterocycles. The first-order chi connectivity index (χ1) is 9.16. The van der Waals surface area contributed by atoms with Gasteiger partial charge < -0.3 is 9.64 Å². The van der Waals surface area contributed by atoms with Gasteiger partial charge in [0.15, 0.2) is 0 Å². The maximum atomic E-state index is 12.2. The Morgan fingerprint density at radius 2 is 2.42 bits per heavy atom. The average Bonchev–Trinajstić information content (AvgIpc) is 2.42. The molecule has 0 aromatic carbocycles. The Morgan fingerprint density at radius 1 is 1.58 bits per heavy atom. The lowest BCUT2D eigenvalue weighted by Gasteiger charge is -2.24. The number of amides is 1. The molecule has 0 bridgehead atoms. The lowest BCUT2D eigenvalue weighted by atomic mass is 9.98. The van der Waals surface area contributed by atoms with E-state index in [9.17, 15) is 4.79 Å². The minimum atomic E-state index is 0.201. The molecule has 2 rings (SSSR count). The van der Waals surface area contributed by atoms with Crippen LogP contribution in [0.4, 0.5) is 0 Å². The number of hydrogen-bond donors (Lipinski definition) is 0. The summed E-state index contributed by atoms with van der Waals surface area (Å²) in [6, 6.07) is 1.98. The number of carbonyl (C=O) groups excluding carboxylic acids is 1. The highest BCUT2D eigenvalue weighted by molar-refractivity contribution is 5.76. The van der Waals surface area contributed by atoms with E-state index in [1.54, 1.807) is 11.1 Å². The van der Waals surface area contributed by atoms with Crippen molar-refractivity contribution in [2.24, 2.45) is 5.92 Å². The van der Waals surface area contributed by atoms with E-state index >= 15 is 0 Å². The molecule has 1 aliphatic rings. The number of aryl methyl sites for hydroxylation is 1. The summed E-state index contributed by atoms with van der Waals surface area (Å²) < 4.78 is 5.42. The molecule has 1 aromatic rings. The van der Waals surface area contributed by atoms with Crippen LogP contribution in [0.5, 0.6) is 0 Å². The predicted octanol–water partition coefficient (Wildman–Crippen LogP) is 2.17. The summed E-state index contributed by atoms with van der Waals surface area (Å²) in [6.45, 7) is 4.25. The summed E-state index contributed by atoms with van der Waals surface area (Å²) in [5.74, 6) is 0.592. The Bertz CT molecular complexity index is 428. The third-order valence-corrected chi connectivity index (χ3v) is 3.69. The molecule has 1 fully saturated rings. The van der Waals surface area contributed by atoms with E-state index in [1.165, 1.54) is 0 Å². The SMILES string of the molecule is Cc1cnccc1CN(C)C(=O)C[C@@H]1CCCOC1. The maximum absolute atomic E-state index is 12.2. The zero-order valence-corrected chi connectivity index (χ0v) is 11.8. The van der Waals surface area contributed by atoms with Crippen LogP contribution in [0.3, 0.4) is 0 Å². The number of aromatic nitrogens is 1. The van der Waals surface area contributed by atoms with Crippen LogP contribution in [0.2, 0.25) is 0 Å². The molecule has 0 radical (unpaired) electrons. The summed E-state index contributed by atoms with van der Waals surface area (Å²) >= 11 is 0. The standard InChI is InChI=1S/C15H22N2O2/c1-12-9-16-6-5-14(12)10-17(2)15(18)8-13-4-3-7-19-11-13/h5-6,9,13H,3-4,7-8,10-11H2,1-2H3/t13-/m0/s1. The molecule has 4 nitrogen and oxygen atoms in total. The highest BCUT2D eigenvalue weighted by atomic mass is 16.5. The van der Waals surface area contributed by atoms with Crippen LogP contribution in [0, 0.1) is 12.8 Å². The summed E-state index contributed by atoms with van der Waals surface area (Å²) in [5.41, 5.74) is 2.29. The van der Waals surface area contributed by atoms with Crippen molar-refractivity contribution in [3.63, 3.8) is 0 Å². The molecular formula is C15H22N2O2. The van der Waals surface area contributed by atoms with Crippen LogP contribution in [-0.2, 0) is 16.1 Å². The fourth-order valence-corrected chi connectivity index (χ4v) is 2.39. The maximum Gasteiger partial charge on any atom is 0.222 e. The second-order valence-corrected chi connectivity index (χ2v) is 5.34. The minimum absolute atomic E-state index is 0.201. The molecule has 104 valence electrons. The normalized spacial score (nSPS) is 19.2. The monoisotopic (exact) mass is 262 g/mol. The van der Waals surface area contributed by atoms with Gasteiger partial charge in [0.25, 0.3) is 0 Å². The number of rotatable bonds is 4. The van der Waals surface area contributed by atoms with Gasteiger partial charge in [0.1, 0.15) is 0 Å². The number of hydrogen-bond acceptors (Lipinski definition) is 3. The van der Waals surface area contributed by atoms with Gasteiger partial charge in [-0.2, -0.15) is 0 Å². The lowest BCUT2D eigenvalue weighted by molar-refractivity contribution is -0.132. The van der Waals surface area contributed by atoms with Crippen LogP contribution in [0.1, 0.15) is 30.4 Å². The van der Waals surface area contributed by atoms with Gasteiger partial charge >= 0.3 is 0 Å². The van der Waals surface area contributed by atoms with Crippen molar-refractivity contribution in [1.29, 1.82) is 0 Å². The molecule has 0 saturated carbocycles. The Balaban J connectivity index is 1.87. The smallest absolute Gasteiger partial charge is 0.222 e. The zero-order chi connectivity index (χ0) is 13.7. The Kier molecular flexibility index (Phi) is 4.91. The largest absolute Gasteiger partial charge is 0.381 e. The van der Waals surface area contributed by atoms with Crippen molar-refractivity contribution in [2.75, 3.05) is 20.3 Å². The van der Waals surface area contributed by atoms with Crippen LogP contribution in [0.25, 0.3) is 0 Å². The second kappa shape index (κ2) is 6.66. The van der Waals surface area contributed by atoms with Gasteiger partial charge in [-0.15, -0.1) is 0 Å². The number of nitrogens with zero attached hydrogens (tertiary/aromatic N) is 2. The molecule has 0 aliphatic carbocycles. The van der Waals surface area contributed by atoms with E-state index in [0.717, 1.165) is 37.2 Å². The summed E-state index contributed by atoms with van der Waals surface area (Å²) in [6.07, 6.45) is 6.39. The first-order valence-corrected chi connectivity index (χ1v) is 6.88. The summed E-state index contributed by atoms with van der Waals surface area (Å²) in [4.78, 5) is 18.1. The van der Waals surface area contributed by atoms with Gasteiger partial charge in [0.05, 0.1) is 0 Å². The lowest BCUT2D eigenvalue weighted by Crippen LogP contribution is -2.30. The minimum Gasteiger partial charge on any atom is -0.381 e. The first kappa shape index (κ1) is 14.0. The van der Waals surface area contributed by atoms with E-state index in [0.29, 0.717) is 18.9 Å². The van der Waals surface area contributed by atoms with Crippen LogP contribution < -0.4 is 0 Å². The van der Waals surface area contributed by atoms with Gasteiger partial charge in [-0.1, -0.05) is 0 Å². The summed E-state index contributed by atoms with van der Waals surface area (Å²) in [5, 5.41) is 0. The molecule has 1 amide bonds. The predicted molar refractivity (Wildman–Crippen MR) is 73.6 cm³/mol. The zero-order valence-electron chi connectivity index (χ0n) is 11.8. The number of pyridine rings is 1.